The smallest absolute Gasteiger partial charge is 0.124 e. The normalized spacial score (nSPS) is 10.8. The third-order valence-corrected chi connectivity index (χ3v) is 3.94. The van der Waals surface area contributed by atoms with Gasteiger partial charge in [0.1, 0.15) is 5.75 Å². The first kappa shape index (κ1) is 14.1. The van der Waals surface area contributed by atoms with Crippen LogP contribution >= 0.6 is 15.9 Å². The highest BCUT2D eigenvalue weighted by Crippen LogP contribution is 2.25. The average Bonchev–Trinajstić information content (AvgIpc) is 2.64. The minimum atomic E-state index is 0.731. The Balaban J connectivity index is 2.38. The zero-order valence-electron chi connectivity index (χ0n) is 11.8. The van der Waals surface area contributed by atoms with Crippen LogP contribution in [0.4, 0.5) is 0 Å². The van der Waals surface area contributed by atoms with Crippen molar-refractivity contribution in [3.8, 4) is 5.75 Å². The van der Waals surface area contributed by atoms with Gasteiger partial charge in [0, 0.05) is 15.7 Å². The summed E-state index contributed by atoms with van der Waals surface area (Å²) >= 11 is 3.51. The van der Waals surface area contributed by atoms with Crippen LogP contribution in [-0.2, 0) is 13.0 Å². The van der Waals surface area contributed by atoms with Crippen molar-refractivity contribution in [2.75, 3.05) is 7.11 Å². The SMILES string of the molecule is CCc1c(C)nn(Cc2cc(Br)ccc2OC)c1C. The van der Waals surface area contributed by atoms with Crippen LogP contribution in [0.1, 0.15) is 29.4 Å². The molecule has 3 nitrogen and oxygen atoms in total. The molecule has 1 aromatic carbocycles. The van der Waals surface area contributed by atoms with Gasteiger partial charge < -0.3 is 4.74 Å². The number of halogens is 1. The van der Waals surface area contributed by atoms with Gasteiger partial charge in [-0.3, -0.25) is 4.68 Å². The Kier molecular flexibility index (Phi) is 4.30. The Morgan fingerprint density at radius 2 is 2.05 bits per heavy atom. The molecule has 0 unspecified atom stereocenters. The van der Waals surface area contributed by atoms with Crippen molar-refractivity contribution < 1.29 is 4.74 Å². The minimum Gasteiger partial charge on any atom is -0.496 e. The van der Waals surface area contributed by atoms with E-state index in [2.05, 4.69) is 52.5 Å². The summed E-state index contributed by atoms with van der Waals surface area (Å²) in [5.41, 5.74) is 4.83. The number of rotatable bonds is 4. The van der Waals surface area contributed by atoms with Gasteiger partial charge in [-0.25, -0.2) is 0 Å². The number of methoxy groups -OCH3 is 1. The van der Waals surface area contributed by atoms with Crippen molar-refractivity contribution in [1.29, 1.82) is 0 Å². The van der Waals surface area contributed by atoms with Crippen LogP contribution in [0.3, 0.4) is 0 Å². The summed E-state index contributed by atoms with van der Waals surface area (Å²) in [6.07, 6.45) is 1.02. The first-order valence-electron chi connectivity index (χ1n) is 6.42. The summed E-state index contributed by atoms with van der Waals surface area (Å²) in [6, 6.07) is 6.05. The molecule has 0 saturated heterocycles. The van der Waals surface area contributed by atoms with E-state index in [0.717, 1.165) is 34.4 Å². The maximum atomic E-state index is 5.41. The topological polar surface area (TPSA) is 27.1 Å². The fraction of sp³-hybridized carbons (Fsp3) is 0.400. The quantitative estimate of drug-likeness (QED) is 0.854. The Morgan fingerprint density at radius 1 is 1.32 bits per heavy atom. The maximum absolute atomic E-state index is 5.41. The highest BCUT2D eigenvalue weighted by atomic mass is 79.9. The lowest BCUT2D eigenvalue weighted by atomic mass is 10.1. The lowest BCUT2D eigenvalue weighted by Gasteiger charge is -2.10. The van der Waals surface area contributed by atoms with Crippen LogP contribution in [0.15, 0.2) is 22.7 Å². The molecule has 4 heteroatoms. The molecule has 0 amide bonds. The largest absolute Gasteiger partial charge is 0.496 e. The van der Waals surface area contributed by atoms with E-state index in [1.165, 1.54) is 11.3 Å². The number of ether oxygens (including phenoxy) is 1. The number of hydrogen-bond donors (Lipinski definition) is 0. The van der Waals surface area contributed by atoms with Crippen molar-refractivity contribution >= 4 is 15.9 Å². The van der Waals surface area contributed by atoms with Crippen LogP contribution < -0.4 is 4.74 Å². The van der Waals surface area contributed by atoms with Gasteiger partial charge in [0.25, 0.3) is 0 Å². The van der Waals surface area contributed by atoms with Crippen LogP contribution in [0, 0.1) is 13.8 Å². The molecule has 0 bridgehead atoms. The van der Waals surface area contributed by atoms with Gasteiger partial charge >= 0.3 is 0 Å². The molecule has 0 atom stereocenters. The van der Waals surface area contributed by atoms with Gasteiger partial charge in [0.2, 0.25) is 0 Å². The first-order valence-corrected chi connectivity index (χ1v) is 7.21. The molecule has 0 saturated carbocycles. The monoisotopic (exact) mass is 322 g/mol. The van der Waals surface area contributed by atoms with Crippen LogP contribution in [-0.4, -0.2) is 16.9 Å². The fourth-order valence-electron chi connectivity index (χ4n) is 2.43. The highest BCUT2D eigenvalue weighted by Gasteiger charge is 2.12. The molecular formula is C15H19BrN2O. The molecule has 0 radical (unpaired) electrons. The maximum Gasteiger partial charge on any atom is 0.124 e. The summed E-state index contributed by atoms with van der Waals surface area (Å²) in [7, 11) is 1.70. The molecule has 0 N–H and O–H groups in total. The van der Waals surface area contributed by atoms with Gasteiger partial charge in [-0.15, -0.1) is 0 Å². The molecule has 1 aromatic heterocycles. The van der Waals surface area contributed by atoms with Gasteiger partial charge in [-0.05, 0) is 44.0 Å². The second-order valence-electron chi connectivity index (χ2n) is 4.62. The molecular weight excluding hydrogens is 304 g/mol. The summed E-state index contributed by atoms with van der Waals surface area (Å²) < 4.78 is 8.52. The molecule has 0 aliphatic rings. The molecule has 0 aliphatic heterocycles. The van der Waals surface area contributed by atoms with Crippen molar-refractivity contribution in [3.63, 3.8) is 0 Å². The molecule has 0 fully saturated rings. The summed E-state index contributed by atoms with van der Waals surface area (Å²) in [5.74, 6) is 0.897. The zero-order valence-corrected chi connectivity index (χ0v) is 13.4. The summed E-state index contributed by atoms with van der Waals surface area (Å²) in [6.45, 7) is 7.10. The van der Waals surface area contributed by atoms with Crippen LogP contribution in [0.25, 0.3) is 0 Å². The van der Waals surface area contributed by atoms with E-state index in [1.54, 1.807) is 7.11 Å². The molecule has 0 aliphatic carbocycles. The van der Waals surface area contributed by atoms with Gasteiger partial charge in [0.05, 0.1) is 19.3 Å². The van der Waals surface area contributed by atoms with E-state index in [-0.39, 0.29) is 0 Å². The Labute approximate surface area is 122 Å². The van der Waals surface area contributed by atoms with Crippen LogP contribution in [0.2, 0.25) is 0 Å². The lowest BCUT2D eigenvalue weighted by Crippen LogP contribution is -2.06. The van der Waals surface area contributed by atoms with Crippen LogP contribution in [0.5, 0.6) is 5.75 Å². The lowest BCUT2D eigenvalue weighted by molar-refractivity contribution is 0.407. The Bertz CT molecular complexity index is 590. The molecule has 19 heavy (non-hydrogen) atoms. The standard InChI is InChI=1S/C15H19BrN2O/c1-5-14-10(2)17-18(11(14)3)9-12-8-13(16)6-7-15(12)19-4/h6-8H,5,9H2,1-4H3. The molecule has 102 valence electrons. The van der Waals surface area contributed by atoms with E-state index in [0.29, 0.717) is 0 Å². The highest BCUT2D eigenvalue weighted by molar-refractivity contribution is 9.10. The molecule has 2 aromatic rings. The second kappa shape index (κ2) is 5.78. The minimum absolute atomic E-state index is 0.731. The average molecular weight is 323 g/mol. The third-order valence-electron chi connectivity index (χ3n) is 3.45. The second-order valence-corrected chi connectivity index (χ2v) is 5.53. The first-order chi connectivity index (χ1) is 9.06. The number of benzene rings is 1. The number of hydrogen-bond acceptors (Lipinski definition) is 2. The Morgan fingerprint density at radius 3 is 2.63 bits per heavy atom. The summed E-state index contributed by atoms with van der Waals surface area (Å²) in [5, 5.41) is 4.63. The van der Waals surface area contributed by atoms with Gasteiger partial charge in [0.15, 0.2) is 0 Å². The predicted octanol–water partition coefficient (Wildman–Crippen LogP) is 3.88. The van der Waals surface area contributed by atoms with Crippen molar-refractivity contribution in [2.45, 2.75) is 33.7 Å². The number of aryl methyl sites for hydroxylation is 1. The molecule has 0 spiro atoms. The number of aromatic nitrogens is 2. The van der Waals surface area contributed by atoms with Gasteiger partial charge in [-0.1, -0.05) is 22.9 Å². The van der Waals surface area contributed by atoms with Crippen molar-refractivity contribution in [2.24, 2.45) is 0 Å². The van der Waals surface area contributed by atoms with Crippen molar-refractivity contribution in [3.05, 3.63) is 45.2 Å². The van der Waals surface area contributed by atoms with E-state index in [1.807, 2.05) is 12.1 Å². The summed E-state index contributed by atoms with van der Waals surface area (Å²) in [4.78, 5) is 0. The third kappa shape index (κ3) is 2.84. The van der Waals surface area contributed by atoms with E-state index >= 15 is 0 Å². The number of nitrogens with zero attached hydrogens (tertiary/aromatic N) is 2. The van der Waals surface area contributed by atoms with E-state index in [4.69, 9.17) is 4.74 Å². The van der Waals surface area contributed by atoms with E-state index < -0.39 is 0 Å². The van der Waals surface area contributed by atoms with Gasteiger partial charge in [-0.2, -0.15) is 5.10 Å². The fourth-order valence-corrected chi connectivity index (χ4v) is 2.84. The Hall–Kier alpha value is -1.29. The van der Waals surface area contributed by atoms with Crippen molar-refractivity contribution in [1.82, 2.24) is 9.78 Å². The molecule has 2 rings (SSSR count). The van der Waals surface area contributed by atoms with E-state index in [9.17, 15) is 0 Å². The molecule has 1 heterocycles. The predicted molar refractivity (Wildman–Crippen MR) is 80.9 cm³/mol. The zero-order chi connectivity index (χ0) is 14.0.